The Morgan fingerprint density at radius 3 is 2.74 bits per heavy atom. The monoisotopic (exact) mass is 257 g/mol. The zero-order valence-electron chi connectivity index (χ0n) is 11.4. The molecule has 102 valence electrons. The fraction of sp³-hybridized carbons (Fsp3) is 0.688. The maximum atomic E-state index is 5.93. The van der Waals surface area contributed by atoms with Gasteiger partial charge in [-0.15, -0.1) is 0 Å². The highest BCUT2D eigenvalue weighted by atomic mass is 15.2. The molecule has 0 spiro atoms. The molecule has 4 rings (SSSR count). The highest BCUT2D eigenvalue weighted by Gasteiger charge is 2.56. The quantitative estimate of drug-likeness (QED) is 0.645. The van der Waals surface area contributed by atoms with E-state index in [-0.39, 0.29) is 0 Å². The summed E-state index contributed by atoms with van der Waals surface area (Å²) in [5.74, 6) is 9.17. The number of nitrogens with one attached hydrogen (secondary N) is 1. The van der Waals surface area contributed by atoms with Gasteiger partial charge in [-0.1, -0.05) is 18.9 Å². The predicted molar refractivity (Wildman–Crippen MR) is 75.3 cm³/mol. The topological polar surface area (TPSA) is 50.9 Å². The number of aryl methyl sites for hydroxylation is 1. The molecule has 4 atom stereocenters. The fourth-order valence-electron chi connectivity index (χ4n) is 4.87. The Morgan fingerprint density at radius 1 is 1.21 bits per heavy atom. The number of hydrogen-bond acceptors (Lipinski definition) is 3. The molecule has 1 aromatic heterocycles. The number of hydrazine groups is 1. The van der Waals surface area contributed by atoms with Crippen LogP contribution in [-0.2, 0) is 6.42 Å². The summed E-state index contributed by atoms with van der Waals surface area (Å²) in [4.78, 5) is 4.64. The lowest BCUT2D eigenvalue weighted by molar-refractivity contribution is 0.366. The van der Waals surface area contributed by atoms with E-state index in [1.165, 1.54) is 49.8 Å². The summed E-state index contributed by atoms with van der Waals surface area (Å²) in [7, 11) is 0. The van der Waals surface area contributed by atoms with Crippen LogP contribution in [0.15, 0.2) is 18.3 Å². The predicted octanol–water partition coefficient (Wildman–Crippen LogP) is 2.38. The number of hydrogen-bond donors (Lipinski definition) is 2. The molecule has 3 aliphatic carbocycles. The summed E-state index contributed by atoms with van der Waals surface area (Å²) in [6, 6.07) is 4.74. The van der Waals surface area contributed by atoms with Crippen LogP contribution in [0.5, 0.6) is 0 Å². The molecule has 3 nitrogen and oxygen atoms in total. The molecule has 0 aliphatic heterocycles. The number of rotatable bonds is 3. The minimum atomic E-state index is 0.448. The molecule has 0 radical (unpaired) electrons. The third kappa shape index (κ3) is 1.83. The summed E-state index contributed by atoms with van der Waals surface area (Å²) in [6.45, 7) is 0. The molecule has 0 bridgehead atoms. The van der Waals surface area contributed by atoms with Gasteiger partial charge in [0.1, 0.15) is 0 Å². The Kier molecular flexibility index (Phi) is 2.85. The number of nitrogens with zero attached hydrogens (tertiary/aromatic N) is 1. The maximum Gasteiger partial charge on any atom is 0.0482 e. The second-order valence-corrected chi connectivity index (χ2v) is 6.57. The van der Waals surface area contributed by atoms with Gasteiger partial charge in [-0.05, 0) is 55.1 Å². The average Bonchev–Trinajstić information content (AvgIpc) is 3.02. The van der Waals surface area contributed by atoms with Gasteiger partial charge in [0.2, 0.25) is 0 Å². The zero-order valence-corrected chi connectivity index (χ0v) is 11.4. The van der Waals surface area contributed by atoms with Crippen molar-refractivity contribution in [1.82, 2.24) is 10.4 Å². The van der Waals surface area contributed by atoms with E-state index >= 15 is 0 Å². The van der Waals surface area contributed by atoms with E-state index in [9.17, 15) is 0 Å². The molecule has 3 heteroatoms. The van der Waals surface area contributed by atoms with Crippen LogP contribution in [0.25, 0.3) is 0 Å². The molecule has 19 heavy (non-hydrogen) atoms. The summed E-state index contributed by atoms with van der Waals surface area (Å²) >= 11 is 0. The smallest absolute Gasteiger partial charge is 0.0482 e. The van der Waals surface area contributed by atoms with Crippen molar-refractivity contribution >= 4 is 0 Å². The molecule has 0 amide bonds. The standard InChI is InChI=1S/C16H23N3/c17-19-16(14-11-5-1-2-6-12(11)14)13-8-7-10-4-3-9-18-15(10)13/h3-4,9,11-14,16,19H,1-2,5-8,17H2. The minimum absolute atomic E-state index is 0.448. The molecule has 2 saturated carbocycles. The number of pyridine rings is 1. The molecule has 1 heterocycles. The highest BCUT2D eigenvalue weighted by molar-refractivity contribution is 5.31. The molecule has 3 aliphatic rings. The lowest BCUT2D eigenvalue weighted by Crippen LogP contribution is -2.42. The molecule has 4 unspecified atom stereocenters. The van der Waals surface area contributed by atoms with Gasteiger partial charge in [0.15, 0.2) is 0 Å². The van der Waals surface area contributed by atoms with Gasteiger partial charge in [-0.25, -0.2) is 0 Å². The van der Waals surface area contributed by atoms with Gasteiger partial charge in [-0.3, -0.25) is 16.3 Å². The maximum absolute atomic E-state index is 5.93. The Balaban J connectivity index is 1.58. The number of aromatic nitrogens is 1. The van der Waals surface area contributed by atoms with Crippen molar-refractivity contribution in [3.8, 4) is 0 Å². The van der Waals surface area contributed by atoms with E-state index in [0.717, 1.165) is 17.8 Å². The van der Waals surface area contributed by atoms with Crippen LogP contribution in [0, 0.1) is 17.8 Å². The largest absolute Gasteiger partial charge is 0.271 e. The Bertz CT molecular complexity index is 461. The van der Waals surface area contributed by atoms with Gasteiger partial charge in [0, 0.05) is 23.9 Å². The van der Waals surface area contributed by atoms with E-state index in [2.05, 4.69) is 22.5 Å². The van der Waals surface area contributed by atoms with Crippen molar-refractivity contribution in [3.63, 3.8) is 0 Å². The second kappa shape index (κ2) is 4.57. The number of fused-ring (bicyclic) bond motifs is 2. The van der Waals surface area contributed by atoms with E-state index in [4.69, 9.17) is 5.84 Å². The highest BCUT2D eigenvalue weighted by Crippen LogP contribution is 2.59. The van der Waals surface area contributed by atoms with Crippen LogP contribution < -0.4 is 11.3 Å². The molecule has 3 N–H and O–H groups in total. The Labute approximate surface area is 115 Å². The summed E-state index contributed by atoms with van der Waals surface area (Å²) in [6.07, 6.45) is 10.0. The van der Waals surface area contributed by atoms with Crippen molar-refractivity contribution in [2.24, 2.45) is 23.6 Å². The first-order valence-corrected chi connectivity index (χ1v) is 7.80. The zero-order chi connectivity index (χ0) is 12.8. The molecular formula is C16H23N3. The Morgan fingerprint density at radius 2 is 2.00 bits per heavy atom. The average molecular weight is 257 g/mol. The molecule has 1 aromatic rings. The van der Waals surface area contributed by atoms with Gasteiger partial charge in [-0.2, -0.15) is 0 Å². The lowest BCUT2D eigenvalue weighted by Gasteiger charge is -2.23. The summed E-state index contributed by atoms with van der Waals surface area (Å²) < 4.78 is 0. The fourth-order valence-corrected chi connectivity index (χ4v) is 4.87. The van der Waals surface area contributed by atoms with Gasteiger partial charge >= 0.3 is 0 Å². The first-order valence-electron chi connectivity index (χ1n) is 7.80. The van der Waals surface area contributed by atoms with E-state index in [0.29, 0.717) is 12.0 Å². The summed E-state index contributed by atoms with van der Waals surface area (Å²) in [5, 5.41) is 0. The SMILES string of the molecule is NNC(C1CCc2cccnc21)C1C2CCCCC21. The van der Waals surface area contributed by atoms with Crippen LogP contribution in [-0.4, -0.2) is 11.0 Å². The first-order chi connectivity index (χ1) is 9.40. The molecule has 2 fully saturated rings. The molecule has 0 saturated heterocycles. The number of nitrogens with two attached hydrogens (primary N) is 1. The minimum Gasteiger partial charge on any atom is -0.271 e. The van der Waals surface area contributed by atoms with Crippen LogP contribution >= 0.6 is 0 Å². The van der Waals surface area contributed by atoms with Crippen LogP contribution in [0.1, 0.15) is 49.3 Å². The second-order valence-electron chi connectivity index (χ2n) is 6.57. The first kappa shape index (κ1) is 11.9. The van der Waals surface area contributed by atoms with Crippen molar-refractivity contribution in [2.45, 2.75) is 50.5 Å². The van der Waals surface area contributed by atoms with Crippen LogP contribution in [0.2, 0.25) is 0 Å². The van der Waals surface area contributed by atoms with Crippen molar-refractivity contribution in [2.75, 3.05) is 0 Å². The van der Waals surface area contributed by atoms with E-state index in [1.807, 2.05) is 6.20 Å². The van der Waals surface area contributed by atoms with E-state index in [1.54, 1.807) is 0 Å². The molecule has 0 aromatic carbocycles. The van der Waals surface area contributed by atoms with Crippen LogP contribution in [0.4, 0.5) is 0 Å². The normalized spacial score (nSPS) is 37.5. The Hall–Kier alpha value is -0.930. The van der Waals surface area contributed by atoms with Gasteiger partial charge in [0.05, 0.1) is 0 Å². The third-order valence-electron chi connectivity index (χ3n) is 5.77. The summed E-state index contributed by atoms with van der Waals surface area (Å²) in [5.41, 5.74) is 5.92. The van der Waals surface area contributed by atoms with Crippen molar-refractivity contribution in [1.29, 1.82) is 0 Å². The van der Waals surface area contributed by atoms with Crippen molar-refractivity contribution in [3.05, 3.63) is 29.6 Å². The third-order valence-corrected chi connectivity index (χ3v) is 5.77. The van der Waals surface area contributed by atoms with Gasteiger partial charge in [0.25, 0.3) is 0 Å². The van der Waals surface area contributed by atoms with Gasteiger partial charge < -0.3 is 0 Å². The van der Waals surface area contributed by atoms with E-state index < -0.39 is 0 Å². The lowest BCUT2D eigenvalue weighted by atomic mass is 9.91. The molecular weight excluding hydrogens is 234 g/mol. The van der Waals surface area contributed by atoms with Crippen molar-refractivity contribution < 1.29 is 0 Å². The van der Waals surface area contributed by atoms with Crippen LogP contribution in [0.3, 0.4) is 0 Å².